The molecule has 2 aromatic heterocycles. The molecule has 1 saturated heterocycles. The van der Waals surface area contributed by atoms with E-state index in [0.717, 1.165) is 53.8 Å². The third-order valence-electron chi connectivity index (χ3n) is 6.01. The van der Waals surface area contributed by atoms with E-state index in [2.05, 4.69) is 36.5 Å². The third-order valence-corrected chi connectivity index (χ3v) is 7.53. The molecule has 0 saturated carbocycles. The van der Waals surface area contributed by atoms with Gasteiger partial charge in [0.1, 0.15) is 18.6 Å². The van der Waals surface area contributed by atoms with Gasteiger partial charge in [0.15, 0.2) is 5.65 Å². The number of hydrogen-bond donors (Lipinski definition) is 2. The van der Waals surface area contributed by atoms with E-state index in [0.29, 0.717) is 18.3 Å². The van der Waals surface area contributed by atoms with Gasteiger partial charge in [0, 0.05) is 30.0 Å². The summed E-state index contributed by atoms with van der Waals surface area (Å²) in [5, 5.41) is 12.4. The summed E-state index contributed by atoms with van der Waals surface area (Å²) in [5.74, 6) is 1.73. The molecule has 1 aromatic carbocycles. The molecule has 4 rings (SSSR count). The Labute approximate surface area is 190 Å². The fourth-order valence-electron chi connectivity index (χ4n) is 4.11. The minimum atomic E-state index is -2.31. The van der Waals surface area contributed by atoms with Crippen molar-refractivity contribution in [1.82, 2.24) is 19.9 Å². The molecule has 0 aliphatic carbocycles. The van der Waals surface area contributed by atoms with Gasteiger partial charge in [-0.1, -0.05) is 32.0 Å². The molecular formula is C24H34N5O2P. The first-order valence-corrected chi connectivity index (χ1v) is 13.9. The summed E-state index contributed by atoms with van der Waals surface area (Å²) in [5.41, 5.74) is 2.69. The predicted octanol–water partition coefficient (Wildman–Crippen LogP) is 4.23. The van der Waals surface area contributed by atoms with Gasteiger partial charge in [-0.25, -0.2) is 0 Å². The SMILES string of the molecule is CC(C)c1cnn2c(NCc3cccc(P(C)(C)=O)c3)cc(OC3(C)CCCNC3)nc12. The fourth-order valence-corrected chi connectivity index (χ4v) is 5.03. The highest BCUT2D eigenvalue weighted by Crippen LogP contribution is 2.34. The average Bonchev–Trinajstić information content (AvgIpc) is 3.16. The van der Waals surface area contributed by atoms with Crippen LogP contribution in [0.15, 0.2) is 36.5 Å². The number of piperidine rings is 1. The van der Waals surface area contributed by atoms with Crippen LogP contribution in [0.5, 0.6) is 5.88 Å². The summed E-state index contributed by atoms with van der Waals surface area (Å²) in [7, 11) is -2.31. The van der Waals surface area contributed by atoms with Crippen molar-refractivity contribution in [3.8, 4) is 5.88 Å². The van der Waals surface area contributed by atoms with Gasteiger partial charge in [0.25, 0.3) is 0 Å². The van der Waals surface area contributed by atoms with Crippen molar-refractivity contribution in [2.45, 2.75) is 51.7 Å². The van der Waals surface area contributed by atoms with Crippen molar-refractivity contribution < 1.29 is 9.30 Å². The highest BCUT2D eigenvalue weighted by molar-refractivity contribution is 7.70. The molecule has 1 unspecified atom stereocenters. The Bertz CT molecular complexity index is 1140. The molecule has 1 atom stereocenters. The van der Waals surface area contributed by atoms with Crippen molar-refractivity contribution in [1.29, 1.82) is 0 Å². The maximum Gasteiger partial charge on any atom is 0.219 e. The molecule has 3 aromatic rings. The van der Waals surface area contributed by atoms with E-state index in [1.165, 1.54) is 0 Å². The first-order valence-electron chi connectivity index (χ1n) is 11.3. The predicted molar refractivity (Wildman–Crippen MR) is 131 cm³/mol. The molecule has 7 nitrogen and oxygen atoms in total. The number of fused-ring (bicyclic) bond motifs is 1. The average molecular weight is 456 g/mol. The Kier molecular flexibility index (Phi) is 6.33. The number of aromatic nitrogens is 3. The number of hydrogen-bond acceptors (Lipinski definition) is 6. The van der Waals surface area contributed by atoms with Crippen LogP contribution in [0.2, 0.25) is 0 Å². The van der Waals surface area contributed by atoms with Crippen LogP contribution < -0.4 is 20.7 Å². The summed E-state index contributed by atoms with van der Waals surface area (Å²) in [6.45, 7) is 12.4. The van der Waals surface area contributed by atoms with E-state index >= 15 is 0 Å². The smallest absolute Gasteiger partial charge is 0.219 e. The second-order valence-electron chi connectivity index (χ2n) is 9.68. The van der Waals surface area contributed by atoms with Gasteiger partial charge in [-0.15, -0.1) is 0 Å². The van der Waals surface area contributed by atoms with Gasteiger partial charge in [0.2, 0.25) is 5.88 Å². The molecule has 0 radical (unpaired) electrons. The first kappa shape index (κ1) is 22.8. The highest BCUT2D eigenvalue weighted by Gasteiger charge is 2.30. The van der Waals surface area contributed by atoms with Gasteiger partial charge in [-0.05, 0) is 57.2 Å². The van der Waals surface area contributed by atoms with Crippen LogP contribution in [0.1, 0.15) is 50.7 Å². The number of nitrogens with zero attached hydrogens (tertiary/aromatic N) is 3. The molecule has 0 amide bonds. The third kappa shape index (κ3) is 5.00. The molecule has 1 fully saturated rings. The quantitative estimate of drug-likeness (QED) is 0.519. The number of ether oxygens (including phenoxy) is 1. The van der Waals surface area contributed by atoms with Crippen LogP contribution in [-0.2, 0) is 11.1 Å². The van der Waals surface area contributed by atoms with Crippen LogP contribution >= 0.6 is 7.14 Å². The zero-order chi connectivity index (χ0) is 22.9. The lowest BCUT2D eigenvalue weighted by Gasteiger charge is -2.34. The molecule has 0 bridgehead atoms. The lowest BCUT2D eigenvalue weighted by atomic mass is 9.96. The van der Waals surface area contributed by atoms with Gasteiger partial charge in [-0.2, -0.15) is 14.6 Å². The largest absolute Gasteiger partial charge is 0.470 e. The summed E-state index contributed by atoms with van der Waals surface area (Å²) < 4.78 is 20.7. The minimum Gasteiger partial charge on any atom is -0.470 e. The van der Waals surface area contributed by atoms with Gasteiger partial charge < -0.3 is 19.9 Å². The lowest BCUT2D eigenvalue weighted by molar-refractivity contribution is 0.0568. The van der Waals surface area contributed by atoms with Crippen LogP contribution in [0.3, 0.4) is 0 Å². The summed E-state index contributed by atoms with van der Waals surface area (Å²) in [4.78, 5) is 4.83. The van der Waals surface area contributed by atoms with Crippen molar-refractivity contribution in [3.05, 3.63) is 47.7 Å². The second kappa shape index (κ2) is 8.87. The highest BCUT2D eigenvalue weighted by atomic mass is 31.2. The van der Waals surface area contributed by atoms with Gasteiger partial charge in [-0.3, -0.25) is 0 Å². The summed E-state index contributed by atoms with van der Waals surface area (Å²) >= 11 is 0. The van der Waals surface area contributed by atoms with E-state index in [1.54, 1.807) is 13.3 Å². The molecule has 2 N–H and O–H groups in total. The molecule has 1 aliphatic heterocycles. The van der Waals surface area contributed by atoms with Crippen LogP contribution in [-0.4, -0.2) is 46.6 Å². The molecule has 172 valence electrons. The van der Waals surface area contributed by atoms with E-state index < -0.39 is 7.14 Å². The molecule has 32 heavy (non-hydrogen) atoms. The monoisotopic (exact) mass is 455 g/mol. The normalized spacial score (nSPS) is 19.4. The minimum absolute atomic E-state index is 0.281. The van der Waals surface area contributed by atoms with Gasteiger partial charge in [0.05, 0.1) is 6.20 Å². The maximum atomic E-state index is 12.5. The maximum absolute atomic E-state index is 12.5. The molecule has 0 spiro atoms. The Hall–Kier alpha value is -2.37. The Morgan fingerprint density at radius 2 is 2.12 bits per heavy atom. The topological polar surface area (TPSA) is 80.5 Å². The van der Waals surface area contributed by atoms with Crippen molar-refractivity contribution in [2.24, 2.45) is 0 Å². The van der Waals surface area contributed by atoms with E-state index in [1.807, 2.05) is 41.0 Å². The van der Waals surface area contributed by atoms with Crippen molar-refractivity contribution in [2.75, 3.05) is 31.7 Å². The van der Waals surface area contributed by atoms with Crippen LogP contribution in [0.25, 0.3) is 5.65 Å². The number of anilines is 1. The Morgan fingerprint density at radius 1 is 1.31 bits per heavy atom. The zero-order valence-electron chi connectivity index (χ0n) is 19.7. The zero-order valence-corrected chi connectivity index (χ0v) is 20.6. The van der Waals surface area contributed by atoms with Crippen LogP contribution in [0.4, 0.5) is 5.82 Å². The molecule has 8 heteroatoms. The van der Waals surface area contributed by atoms with E-state index in [4.69, 9.17) is 9.72 Å². The Morgan fingerprint density at radius 3 is 2.81 bits per heavy atom. The molecule has 1 aliphatic rings. The summed E-state index contributed by atoms with van der Waals surface area (Å²) in [6, 6.07) is 9.88. The number of nitrogens with one attached hydrogen (secondary N) is 2. The van der Waals surface area contributed by atoms with Crippen molar-refractivity contribution in [3.63, 3.8) is 0 Å². The van der Waals surface area contributed by atoms with Crippen LogP contribution in [0, 0.1) is 0 Å². The second-order valence-corrected chi connectivity index (χ2v) is 12.9. The van der Waals surface area contributed by atoms with E-state index in [-0.39, 0.29) is 5.60 Å². The Balaban J connectivity index is 1.66. The summed E-state index contributed by atoms with van der Waals surface area (Å²) in [6.07, 6.45) is 3.96. The van der Waals surface area contributed by atoms with E-state index in [9.17, 15) is 4.57 Å². The standard InChI is InChI=1S/C24H34N5O2P/c1-17(2)20-15-27-29-21(26-14-18-8-6-9-19(12-18)32(4,5)30)13-22(28-23(20)29)31-24(3)10-7-11-25-16-24/h6,8-9,12-13,15,17,25-26H,7,10-11,14,16H2,1-5H3. The first-order chi connectivity index (χ1) is 15.1. The fraction of sp³-hybridized carbons (Fsp3) is 0.500. The number of rotatable bonds is 7. The van der Waals surface area contributed by atoms with Crippen molar-refractivity contribution >= 4 is 23.9 Å². The number of benzene rings is 1. The van der Waals surface area contributed by atoms with Gasteiger partial charge >= 0.3 is 0 Å². The lowest BCUT2D eigenvalue weighted by Crippen LogP contribution is -2.47. The molecule has 3 heterocycles. The molecular weight excluding hydrogens is 421 g/mol.